The average molecular weight is 342 g/mol. The second-order valence-electron chi connectivity index (χ2n) is 5.24. The molecule has 0 atom stereocenters. The van der Waals surface area contributed by atoms with Gasteiger partial charge in [-0.15, -0.1) is 0 Å². The lowest BCUT2D eigenvalue weighted by molar-refractivity contribution is -0.135. The van der Waals surface area contributed by atoms with Crippen LogP contribution in [0.15, 0.2) is 64.9 Å². The molecule has 122 valence electrons. The fourth-order valence-corrected chi connectivity index (χ4v) is 2.41. The molecule has 0 spiro atoms. The maximum atomic E-state index is 12.1. The SMILES string of the molecule is O=C(CON=Cc1ccc(Cl)cc1)N1CCC(c2ccccc2)=N1. The molecule has 2 aromatic carbocycles. The average Bonchev–Trinajstić information content (AvgIpc) is 3.11. The Labute approximate surface area is 145 Å². The second kappa shape index (κ2) is 7.75. The molecule has 0 saturated heterocycles. The normalized spacial score (nSPS) is 14.0. The van der Waals surface area contributed by atoms with E-state index in [2.05, 4.69) is 10.3 Å². The fraction of sp³-hybridized carbons (Fsp3) is 0.167. The lowest BCUT2D eigenvalue weighted by atomic mass is 10.1. The third-order valence-electron chi connectivity index (χ3n) is 3.53. The lowest BCUT2D eigenvalue weighted by Gasteiger charge is -2.09. The van der Waals surface area contributed by atoms with E-state index in [1.807, 2.05) is 42.5 Å². The molecule has 1 heterocycles. The number of oxime groups is 1. The van der Waals surface area contributed by atoms with Crippen LogP contribution in [0.4, 0.5) is 0 Å². The van der Waals surface area contributed by atoms with Crippen molar-refractivity contribution in [2.75, 3.05) is 13.2 Å². The predicted molar refractivity (Wildman–Crippen MR) is 94.3 cm³/mol. The highest BCUT2D eigenvalue weighted by Crippen LogP contribution is 2.13. The minimum Gasteiger partial charge on any atom is -0.386 e. The molecule has 24 heavy (non-hydrogen) atoms. The first-order valence-corrected chi connectivity index (χ1v) is 7.94. The molecule has 2 aromatic rings. The number of hydrogen-bond acceptors (Lipinski definition) is 4. The summed E-state index contributed by atoms with van der Waals surface area (Å²) in [6.07, 6.45) is 2.27. The Balaban J connectivity index is 1.51. The summed E-state index contributed by atoms with van der Waals surface area (Å²) in [7, 11) is 0. The van der Waals surface area contributed by atoms with Gasteiger partial charge in [0.2, 0.25) is 0 Å². The highest BCUT2D eigenvalue weighted by atomic mass is 35.5. The Bertz CT molecular complexity index is 758. The van der Waals surface area contributed by atoms with Gasteiger partial charge < -0.3 is 4.84 Å². The molecular formula is C18H16ClN3O2. The van der Waals surface area contributed by atoms with E-state index in [0.29, 0.717) is 11.6 Å². The largest absolute Gasteiger partial charge is 0.386 e. The molecule has 1 amide bonds. The zero-order valence-electron chi connectivity index (χ0n) is 12.9. The van der Waals surface area contributed by atoms with Gasteiger partial charge in [0.1, 0.15) is 0 Å². The summed E-state index contributed by atoms with van der Waals surface area (Å²) >= 11 is 5.80. The van der Waals surface area contributed by atoms with Crippen LogP contribution >= 0.6 is 11.6 Å². The van der Waals surface area contributed by atoms with Gasteiger partial charge >= 0.3 is 0 Å². The number of amides is 1. The first-order chi connectivity index (χ1) is 11.7. The number of rotatable bonds is 5. The van der Waals surface area contributed by atoms with E-state index in [-0.39, 0.29) is 12.5 Å². The van der Waals surface area contributed by atoms with Crippen molar-refractivity contribution in [1.82, 2.24) is 5.01 Å². The Morgan fingerprint density at radius 2 is 1.96 bits per heavy atom. The van der Waals surface area contributed by atoms with Crippen molar-refractivity contribution in [3.63, 3.8) is 0 Å². The van der Waals surface area contributed by atoms with Gasteiger partial charge in [-0.05, 0) is 23.3 Å². The molecule has 6 heteroatoms. The molecule has 0 aromatic heterocycles. The van der Waals surface area contributed by atoms with E-state index in [4.69, 9.17) is 16.4 Å². The number of nitrogens with zero attached hydrogens (tertiary/aromatic N) is 3. The van der Waals surface area contributed by atoms with E-state index in [9.17, 15) is 4.79 Å². The van der Waals surface area contributed by atoms with E-state index in [1.54, 1.807) is 12.1 Å². The number of carbonyl (C=O) groups is 1. The zero-order chi connectivity index (χ0) is 16.8. The Kier molecular flexibility index (Phi) is 5.23. The van der Waals surface area contributed by atoms with Crippen molar-refractivity contribution in [2.45, 2.75) is 6.42 Å². The molecule has 5 nitrogen and oxygen atoms in total. The molecule has 0 saturated carbocycles. The van der Waals surface area contributed by atoms with Crippen LogP contribution in [0.5, 0.6) is 0 Å². The third kappa shape index (κ3) is 4.20. The van der Waals surface area contributed by atoms with E-state index < -0.39 is 0 Å². The van der Waals surface area contributed by atoms with Crippen molar-refractivity contribution in [2.24, 2.45) is 10.3 Å². The Morgan fingerprint density at radius 1 is 1.21 bits per heavy atom. The predicted octanol–water partition coefficient (Wildman–Crippen LogP) is 3.33. The van der Waals surface area contributed by atoms with Crippen LogP contribution in [0, 0.1) is 0 Å². The molecule has 3 rings (SSSR count). The van der Waals surface area contributed by atoms with Crippen LogP contribution < -0.4 is 0 Å². The monoisotopic (exact) mass is 341 g/mol. The molecule has 0 radical (unpaired) electrons. The van der Waals surface area contributed by atoms with Gasteiger partial charge in [-0.1, -0.05) is 59.2 Å². The molecule has 1 aliphatic heterocycles. The van der Waals surface area contributed by atoms with Gasteiger partial charge in [-0.25, -0.2) is 5.01 Å². The lowest BCUT2D eigenvalue weighted by Crippen LogP contribution is -2.26. The number of benzene rings is 2. The molecule has 0 unspecified atom stereocenters. The summed E-state index contributed by atoms with van der Waals surface area (Å²) in [6, 6.07) is 17.0. The highest BCUT2D eigenvalue weighted by molar-refractivity contribution is 6.30. The summed E-state index contributed by atoms with van der Waals surface area (Å²) < 4.78 is 0. The van der Waals surface area contributed by atoms with Crippen LogP contribution in [0.2, 0.25) is 5.02 Å². The van der Waals surface area contributed by atoms with Crippen LogP contribution in [0.25, 0.3) is 0 Å². The first kappa shape index (κ1) is 16.2. The summed E-state index contributed by atoms with van der Waals surface area (Å²) in [5, 5.41) is 10.2. The number of hydrazone groups is 1. The van der Waals surface area contributed by atoms with Crippen molar-refractivity contribution in [3.05, 3.63) is 70.7 Å². The summed E-state index contributed by atoms with van der Waals surface area (Å²) in [4.78, 5) is 17.1. The minimum absolute atomic E-state index is 0.143. The van der Waals surface area contributed by atoms with E-state index >= 15 is 0 Å². The van der Waals surface area contributed by atoms with E-state index in [0.717, 1.165) is 23.3 Å². The fourth-order valence-electron chi connectivity index (χ4n) is 2.28. The maximum Gasteiger partial charge on any atom is 0.283 e. The molecule has 0 bridgehead atoms. The summed E-state index contributed by atoms with van der Waals surface area (Å²) in [5.74, 6) is -0.214. The Hall–Kier alpha value is -2.66. The molecule has 0 aliphatic carbocycles. The molecular weight excluding hydrogens is 326 g/mol. The van der Waals surface area contributed by atoms with Crippen LogP contribution in [0.3, 0.4) is 0 Å². The van der Waals surface area contributed by atoms with Crippen molar-refractivity contribution >= 4 is 29.4 Å². The smallest absolute Gasteiger partial charge is 0.283 e. The van der Waals surface area contributed by atoms with Crippen LogP contribution in [0.1, 0.15) is 17.5 Å². The quantitative estimate of drug-likeness (QED) is 0.618. The maximum absolute atomic E-state index is 12.1. The summed E-state index contributed by atoms with van der Waals surface area (Å²) in [6.45, 7) is 0.420. The van der Waals surface area contributed by atoms with Crippen molar-refractivity contribution < 1.29 is 9.63 Å². The third-order valence-corrected chi connectivity index (χ3v) is 3.78. The first-order valence-electron chi connectivity index (χ1n) is 7.56. The van der Waals surface area contributed by atoms with Crippen molar-refractivity contribution in [1.29, 1.82) is 0 Å². The summed E-state index contributed by atoms with van der Waals surface area (Å²) in [5.41, 5.74) is 2.79. The number of halogens is 1. The highest BCUT2D eigenvalue weighted by Gasteiger charge is 2.21. The molecule has 0 N–H and O–H groups in total. The number of hydrogen-bond donors (Lipinski definition) is 0. The topological polar surface area (TPSA) is 54.3 Å². The van der Waals surface area contributed by atoms with Crippen LogP contribution in [-0.2, 0) is 9.63 Å². The molecule has 1 aliphatic rings. The van der Waals surface area contributed by atoms with Crippen molar-refractivity contribution in [3.8, 4) is 0 Å². The van der Waals surface area contributed by atoms with Gasteiger partial charge in [0, 0.05) is 11.4 Å². The van der Waals surface area contributed by atoms with Gasteiger partial charge in [0.25, 0.3) is 5.91 Å². The van der Waals surface area contributed by atoms with Crippen LogP contribution in [-0.4, -0.2) is 36.0 Å². The van der Waals surface area contributed by atoms with Gasteiger partial charge in [-0.2, -0.15) is 5.10 Å². The van der Waals surface area contributed by atoms with Gasteiger partial charge in [0.15, 0.2) is 6.61 Å². The Morgan fingerprint density at radius 3 is 2.71 bits per heavy atom. The van der Waals surface area contributed by atoms with Gasteiger partial charge in [0.05, 0.1) is 18.5 Å². The van der Waals surface area contributed by atoms with E-state index in [1.165, 1.54) is 11.2 Å². The second-order valence-corrected chi connectivity index (χ2v) is 5.68. The zero-order valence-corrected chi connectivity index (χ0v) is 13.7. The molecule has 0 fully saturated rings. The van der Waals surface area contributed by atoms with Gasteiger partial charge in [-0.3, -0.25) is 4.79 Å². The minimum atomic E-state index is -0.214. The standard InChI is InChI=1S/C18H16ClN3O2/c19-16-8-6-14(7-9-16)12-20-24-13-18(23)22-11-10-17(21-22)15-4-2-1-3-5-15/h1-9,12H,10-11,13H2. The number of carbonyl (C=O) groups excluding carboxylic acids is 1.